The molecule has 1 amide bonds. The summed E-state index contributed by atoms with van der Waals surface area (Å²) in [5, 5.41) is 9.16. The molecule has 21 heavy (non-hydrogen) atoms. The molecule has 1 heterocycles. The molecule has 110 valence electrons. The molecule has 2 N–H and O–H groups in total. The van der Waals surface area contributed by atoms with Crippen molar-refractivity contribution in [2.45, 2.75) is 6.92 Å². The molecule has 2 aromatic rings. The standard InChI is InChI=1S/C14H15N3O4/c1-9-7-13(21-17-9)16-12(18)8-15-11-5-3-10(4-6-11)14(19)20-2/h3-7,15H,8H2,1-2H3,(H,16,18). The van der Waals surface area contributed by atoms with Crippen molar-refractivity contribution < 1.29 is 18.8 Å². The number of nitrogens with one attached hydrogen (secondary N) is 2. The van der Waals surface area contributed by atoms with Crippen LogP contribution in [-0.2, 0) is 9.53 Å². The molecule has 0 fully saturated rings. The number of anilines is 2. The van der Waals surface area contributed by atoms with E-state index in [2.05, 4.69) is 20.5 Å². The van der Waals surface area contributed by atoms with Gasteiger partial charge in [0.2, 0.25) is 11.8 Å². The second kappa shape index (κ2) is 6.56. The normalized spacial score (nSPS) is 10.0. The number of amides is 1. The minimum atomic E-state index is -0.403. The molecule has 0 aliphatic carbocycles. The molecule has 7 heteroatoms. The van der Waals surface area contributed by atoms with Crippen molar-refractivity contribution in [3.63, 3.8) is 0 Å². The van der Waals surface area contributed by atoms with E-state index in [1.807, 2.05) is 0 Å². The number of nitrogens with zero attached hydrogens (tertiary/aromatic N) is 1. The van der Waals surface area contributed by atoms with E-state index in [1.165, 1.54) is 7.11 Å². The fraction of sp³-hybridized carbons (Fsp3) is 0.214. The molecule has 2 rings (SSSR count). The van der Waals surface area contributed by atoms with Crippen LogP contribution in [-0.4, -0.2) is 30.7 Å². The predicted octanol–water partition coefficient (Wildman–Crippen LogP) is 1.82. The van der Waals surface area contributed by atoms with Gasteiger partial charge in [0.05, 0.1) is 24.9 Å². The molecule has 1 aromatic carbocycles. The molecule has 1 aromatic heterocycles. The number of carbonyl (C=O) groups is 2. The Labute approximate surface area is 121 Å². The first-order valence-corrected chi connectivity index (χ1v) is 6.24. The topological polar surface area (TPSA) is 93.5 Å². The molecule has 0 aliphatic rings. The van der Waals surface area contributed by atoms with Gasteiger partial charge < -0.3 is 14.6 Å². The number of hydrogen-bond acceptors (Lipinski definition) is 6. The van der Waals surface area contributed by atoms with Gasteiger partial charge in [-0.05, 0) is 31.2 Å². The highest BCUT2D eigenvalue weighted by atomic mass is 16.5. The summed E-state index contributed by atoms with van der Waals surface area (Å²) in [4.78, 5) is 23.0. The second-order valence-corrected chi connectivity index (χ2v) is 4.30. The highest BCUT2D eigenvalue weighted by molar-refractivity contribution is 5.93. The number of hydrogen-bond donors (Lipinski definition) is 2. The third-order valence-corrected chi connectivity index (χ3v) is 2.65. The Kier molecular flexibility index (Phi) is 4.55. The van der Waals surface area contributed by atoms with Gasteiger partial charge >= 0.3 is 5.97 Å². The van der Waals surface area contributed by atoms with Crippen molar-refractivity contribution in [2.75, 3.05) is 24.3 Å². The van der Waals surface area contributed by atoms with Crippen molar-refractivity contribution in [3.8, 4) is 0 Å². The van der Waals surface area contributed by atoms with Crippen molar-refractivity contribution in [1.29, 1.82) is 0 Å². The van der Waals surface area contributed by atoms with Gasteiger partial charge in [-0.3, -0.25) is 10.1 Å². The van der Waals surface area contributed by atoms with Crippen LogP contribution in [0.2, 0.25) is 0 Å². The van der Waals surface area contributed by atoms with E-state index < -0.39 is 5.97 Å². The quantitative estimate of drug-likeness (QED) is 0.815. The van der Waals surface area contributed by atoms with E-state index in [-0.39, 0.29) is 12.5 Å². The number of aryl methyl sites for hydroxylation is 1. The zero-order valence-corrected chi connectivity index (χ0v) is 11.7. The summed E-state index contributed by atoms with van der Waals surface area (Å²) >= 11 is 0. The van der Waals surface area contributed by atoms with Crippen LogP contribution in [0.1, 0.15) is 16.1 Å². The number of aromatic nitrogens is 1. The maximum atomic E-state index is 11.7. The summed E-state index contributed by atoms with van der Waals surface area (Å²) in [6.07, 6.45) is 0. The van der Waals surface area contributed by atoms with E-state index in [1.54, 1.807) is 37.3 Å². The highest BCUT2D eigenvalue weighted by Gasteiger charge is 2.07. The SMILES string of the molecule is COC(=O)c1ccc(NCC(=O)Nc2cc(C)no2)cc1. The van der Waals surface area contributed by atoms with Gasteiger partial charge in [0, 0.05) is 11.8 Å². The number of ether oxygens (including phenoxy) is 1. The Hall–Kier alpha value is -2.83. The average Bonchev–Trinajstić information content (AvgIpc) is 2.90. The maximum Gasteiger partial charge on any atom is 0.337 e. The number of benzene rings is 1. The Morgan fingerprint density at radius 2 is 2.00 bits per heavy atom. The molecule has 7 nitrogen and oxygen atoms in total. The Morgan fingerprint density at radius 3 is 2.57 bits per heavy atom. The third-order valence-electron chi connectivity index (χ3n) is 2.65. The lowest BCUT2D eigenvalue weighted by Crippen LogP contribution is -2.21. The minimum absolute atomic E-state index is 0.0668. The number of carbonyl (C=O) groups excluding carboxylic acids is 2. The lowest BCUT2D eigenvalue weighted by Gasteiger charge is -2.06. The van der Waals surface area contributed by atoms with Crippen LogP contribution in [0.15, 0.2) is 34.9 Å². The van der Waals surface area contributed by atoms with Gasteiger partial charge in [-0.15, -0.1) is 0 Å². The Balaban J connectivity index is 1.85. The van der Waals surface area contributed by atoms with Crippen molar-refractivity contribution in [2.24, 2.45) is 0 Å². The summed E-state index contributed by atoms with van der Waals surface area (Å²) in [6.45, 7) is 1.83. The van der Waals surface area contributed by atoms with E-state index in [9.17, 15) is 9.59 Å². The predicted molar refractivity (Wildman–Crippen MR) is 76.1 cm³/mol. The van der Waals surface area contributed by atoms with Gasteiger partial charge in [-0.2, -0.15) is 0 Å². The maximum absolute atomic E-state index is 11.7. The zero-order valence-electron chi connectivity index (χ0n) is 11.7. The molecule has 0 saturated heterocycles. The number of methoxy groups -OCH3 is 1. The Morgan fingerprint density at radius 1 is 1.29 bits per heavy atom. The van der Waals surface area contributed by atoms with E-state index >= 15 is 0 Å². The van der Waals surface area contributed by atoms with Crippen LogP contribution in [0.25, 0.3) is 0 Å². The van der Waals surface area contributed by atoms with Crippen LogP contribution >= 0.6 is 0 Å². The van der Waals surface area contributed by atoms with Crippen LogP contribution in [0, 0.1) is 6.92 Å². The fourth-order valence-corrected chi connectivity index (χ4v) is 1.63. The van der Waals surface area contributed by atoms with Crippen LogP contribution in [0.4, 0.5) is 11.6 Å². The van der Waals surface area contributed by atoms with Crippen molar-refractivity contribution in [3.05, 3.63) is 41.6 Å². The lowest BCUT2D eigenvalue weighted by molar-refractivity contribution is -0.114. The van der Waals surface area contributed by atoms with Crippen LogP contribution in [0.3, 0.4) is 0 Å². The molecule has 0 bridgehead atoms. The number of esters is 1. The summed E-state index contributed by atoms with van der Waals surface area (Å²) in [6, 6.07) is 8.25. The van der Waals surface area contributed by atoms with E-state index in [0.717, 1.165) is 0 Å². The van der Waals surface area contributed by atoms with Crippen molar-refractivity contribution in [1.82, 2.24) is 5.16 Å². The minimum Gasteiger partial charge on any atom is -0.465 e. The van der Waals surface area contributed by atoms with Crippen LogP contribution in [0.5, 0.6) is 0 Å². The van der Waals surface area contributed by atoms with Gasteiger partial charge in [0.1, 0.15) is 0 Å². The zero-order chi connectivity index (χ0) is 15.2. The highest BCUT2D eigenvalue weighted by Crippen LogP contribution is 2.11. The molecular formula is C14H15N3O4. The first kappa shape index (κ1) is 14.6. The molecule has 0 radical (unpaired) electrons. The first-order chi connectivity index (χ1) is 10.1. The van der Waals surface area contributed by atoms with Gasteiger partial charge in [-0.25, -0.2) is 4.79 Å². The van der Waals surface area contributed by atoms with Gasteiger partial charge in [0.25, 0.3) is 0 Å². The van der Waals surface area contributed by atoms with E-state index in [0.29, 0.717) is 22.8 Å². The monoisotopic (exact) mass is 289 g/mol. The summed E-state index contributed by atoms with van der Waals surface area (Å²) in [5.74, 6) is -0.358. The fourth-order valence-electron chi connectivity index (χ4n) is 1.63. The smallest absolute Gasteiger partial charge is 0.337 e. The number of rotatable bonds is 5. The van der Waals surface area contributed by atoms with Crippen molar-refractivity contribution >= 4 is 23.4 Å². The molecule has 0 unspecified atom stereocenters. The molecule has 0 spiro atoms. The lowest BCUT2D eigenvalue weighted by atomic mass is 10.2. The summed E-state index contributed by atoms with van der Waals surface area (Å²) < 4.78 is 9.48. The third kappa shape index (κ3) is 4.07. The van der Waals surface area contributed by atoms with E-state index in [4.69, 9.17) is 4.52 Å². The largest absolute Gasteiger partial charge is 0.465 e. The molecule has 0 saturated carbocycles. The second-order valence-electron chi connectivity index (χ2n) is 4.30. The van der Waals surface area contributed by atoms with Gasteiger partial charge in [-0.1, -0.05) is 5.16 Å². The van der Waals surface area contributed by atoms with Crippen LogP contribution < -0.4 is 10.6 Å². The summed E-state index contributed by atoms with van der Waals surface area (Å²) in [5.41, 5.74) is 1.85. The molecular weight excluding hydrogens is 274 g/mol. The Bertz CT molecular complexity index is 634. The van der Waals surface area contributed by atoms with Gasteiger partial charge in [0.15, 0.2) is 0 Å². The first-order valence-electron chi connectivity index (χ1n) is 6.24. The molecule has 0 aliphatic heterocycles. The molecule has 0 atom stereocenters. The average molecular weight is 289 g/mol. The summed E-state index contributed by atoms with van der Waals surface area (Å²) in [7, 11) is 1.32.